The lowest BCUT2D eigenvalue weighted by molar-refractivity contribution is 0.578. The molecule has 0 aliphatic heterocycles. The van der Waals surface area contributed by atoms with Gasteiger partial charge in [0.05, 0.1) is 5.25 Å². The molecule has 0 amide bonds. The fourth-order valence-corrected chi connectivity index (χ4v) is 4.94. The van der Waals surface area contributed by atoms with Crippen molar-refractivity contribution in [3.63, 3.8) is 0 Å². The van der Waals surface area contributed by atoms with E-state index in [0.29, 0.717) is 18.4 Å². The van der Waals surface area contributed by atoms with Crippen LogP contribution < -0.4 is 0 Å². The molecular weight excluding hydrogens is 260 g/mol. The van der Waals surface area contributed by atoms with Gasteiger partial charge in [0.2, 0.25) is 0 Å². The number of sulfone groups is 1. The first kappa shape index (κ1) is 14.0. The van der Waals surface area contributed by atoms with E-state index < -0.39 is 9.84 Å². The number of nitrogens with zero attached hydrogens (tertiary/aromatic N) is 2. The Hall–Kier alpha value is -1.41. The summed E-state index contributed by atoms with van der Waals surface area (Å²) in [6.07, 6.45) is 3.28. The van der Waals surface area contributed by atoms with Gasteiger partial charge in [0.15, 0.2) is 15.5 Å². The van der Waals surface area contributed by atoms with Gasteiger partial charge in [-0.2, -0.15) is 5.26 Å². The minimum atomic E-state index is -3.44. The Labute approximate surface area is 114 Å². The van der Waals surface area contributed by atoms with Crippen LogP contribution in [0.1, 0.15) is 48.2 Å². The molecule has 0 unspecified atom stereocenters. The van der Waals surface area contributed by atoms with Gasteiger partial charge in [-0.1, -0.05) is 12.8 Å². The molecule has 0 bridgehead atoms. The molecule has 1 aliphatic carbocycles. The van der Waals surface area contributed by atoms with Crippen molar-refractivity contribution in [2.24, 2.45) is 0 Å². The molecule has 0 radical (unpaired) electrons. The van der Waals surface area contributed by atoms with E-state index in [2.05, 4.69) is 4.98 Å². The fourth-order valence-electron chi connectivity index (χ4n) is 2.71. The lowest BCUT2D eigenvalue weighted by Gasteiger charge is -2.16. The number of aromatic nitrogens is 1. The molecule has 1 aromatic heterocycles. The first-order valence-electron chi connectivity index (χ1n) is 6.51. The normalized spacial score (nSPS) is 16.5. The molecule has 0 spiro atoms. The van der Waals surface area contributed by atoms with Crippen LogP contribution in [0, 0.1) is 32.1 Å². The highest BCUT2D eigenvalue weighted by molar-refractivity contribution is 7.92. The van der Waals surface area contributed by atoms with Gasteiger partial charge in [0, 0.05) is 5.69 Å². The maximum absolute atomic E-state index is 12.7. The molecule has 0 aromatic carbocycles. The number of hydrogen-bond acceptors (Lipinski definition) is 4. The highest BCUT2D eigenvalue weighted by atomic mass is 32.2. The zero-order valence-corrected chi connectivity index (χ0v) is 12.3. The van der Waals surface area contributed by atoms with Crippen molar-refractivity contribution in [2.45, 2.75) is 56.6 Å². The summed E-state index contributed by atoms with van der Waals surface area (Å²) in [4.78, 5) is 4.31. The average molecular weight is 278 g/mol. The monoisotopic (exact) mass is 278 g/mol. The van der Waals surface area contributed by atoms with Crippen molar-refractivity contribution in [2.75, 3.05) is 0 Å². The van der Waals surface area contributed by atoms with Gasteiger partial charge in [-0.15, -0.1) is 0 Å². The minimum Gasteiger partial charge on any atom is -0.241 e. The molecule has 0 atom stereocenters. The van der Waals surface area contributed by atoms with Crippen LogP contribution in [0.5, 0.6) is 0 Å². The van der Waals surface area contributed by atoms with Crippen LogP contribution in [0.15, 0.2) is 4.90 Å². The third kappa shape index (κ3) is 2.25. The molecule has 102 valence electrons. The van der Waals surface area contributed by atoms with Crippen molar-refractivity contribution in [1.82, 2.24) is 4.98 Å². The molecule has 1 aromatic rings. The van der Waals surface area contributed by atoms with Gasteiger partial charge < -0.3 is 0 Å². The van der Waals surface area contributed by atoms with E-state index >= 15 is 0 Å². The Morgan fingerprint density at radius 2 is 1.74 bits per heavy atom. The van der Waals surface area contributed by atoms with Crippen LogP contribution in [-0.4, -0.2) is 18.7 Å². The quantitative estimate of drug-likeness (QED) is 0.833. The second-order valence-corrected chi connectivity index (χ2v) is 7.35. The summed E-state index contributed by atoms with van der Waals surface area (Å²) in [6, 6.07) is 1.94. The standard InChI is InChI=1S/C14H18N2O2S/c1-9-10(2)14(13(8-15)16-11(9)3)19(17,18)12-6-4-5-7-12/h12H,4-7H2,1-3H3. The van der Waals surface area contributed by atoms with Crippen LogP contribution in [0.3, 0.4) is 0 Å². The third-order valence-corrected chi connectivity index (χ3v) is 6.49. The first-order chi connectivity index (χ1) is 8.89. The molecule has 0 N–H and O–H groups in total. The van der Waals surface area contributed by atoms with E-state index in [1.807, 2.05) is 13.0 Å². The average Bonchev–Trinajstić information content (AvgIpc) is 2.89. The van der Waals surface area contributed by atoms with Gasteiger partial charge in [-0.05, 0) is 44.7 Å². The SMILES string of the molecule is Cc1nc(C#N)c(S(=O)(=O)C2CCCC2)c(C)c1C. The van der Waals surface area contributed by atoms with E-state index in [-0.39, 0.29) is 15.8 Å². The van der Waals surface area contributed by atoms with Crippen molar-refractivity contribution < 1.29 is 8.42 Å². The molecule has 4 nitrogen and oxygen atoms in total. The summed E-state index contributed by atoms with van der Waals surface area (Å²) in [5.74, 6) is 0. The van der Waals surface area contributed by atoms with E-state index in [1.165, 1.54) is 0 Å². The molecule has 5 heteroatoms. The van der Waals surface area contributed by atoms with Crippen molar-refractivity contribution >= 4 is 9.84 Å². The van der Waals surface area contributed by atoms with E-state index in [4.69, 9.17) is 0 Å². The van der Waals surface area contributed by atoms with Gasteiger partial charge in [-0.25, -0.2) is 13.4 Å². The molecule has 0 saturated heterocycles. The highest BCUT2D eigenvalue weighted by Crippen LogP contribution is 2.33. The number of nitriles is 1. The molecule has 1 heterocycles. The number of rotatable bonds is 2. The summed E-state index contributed by atoms with van der Waals surface area (Å²) < 4.78 is 25.4. The summed E-state index contributed by atoms with van der Waals surface area (Å²) in [6.45, 7) is 5.42. The largest absolute Gasteiger partial charge is 0.241 e. The Kier molecular flexibility index (Phi) is 3.64. The molecule has 2 rings (SSSR count). The zero-order valence-electron chi connectivity index (χ0n) is 11.5. The van der Waals surface area contributed by atoms with E-state index in [9.17, 15) is 13.7 Å². The van der Waals surface area contributed by atoms with E-state index in [0.717, 1.165) is 24.1 Å². The smallest absolute Gasteiger partial charge is 0.184 e. The van der Waals surface area contributed by atoms with Gasteiger partial charge in [0.25, 0.3) is 0 Å². The van der Waals surface area contributed by atoms with Crippen LogP contribution >= 0.6 is 0 Å². The second kappa shape index (κ2) is 4.93. The summed E-state index contributed by atoms with van der Waals surface area (Å²) in [5.41, 5.74) is 2.30. The fraction of sp³-hybridized carbons (Fsp3) is 0.571. The first-order valence-corrected chi connectivity index (χ1v) is 8.06. The van der Waals surface area contributed by atoms with Crippen LogP contribution in [0.2, 0.25) is 0 Å². The van der Waals surface area contributed by atoms with Crippen molar-refractivity contribution in [1.29, 1.82) is 5.26 Å². The number of pyridine rings is 1. The zero-order chi connectivity index (χ0) is 14.2. The lowest BCUT2D eigenvalue weighted by atomic mass is 10.1. The number of aryl methyl sites for hydroxylation is 1. The Balaban J connectivity index is 2.68. The van der Waals surface area contributed by atoms with Crippen LogP contribution in [0.4, 0.5) is 0 Å². The predicted octanol–water partition coefficient (Wildman–Crippen LogP) is 2.59. The topological polar surface area (TPSA) is 70.8 Å². The minimum absolute atomic E-state index is 0.0486. The van der Waals surface area contributed by atoms with Gasteiger partial charge in [0.1, 0.15) is 11.0 Å². The summed E-state index contributed by atoms with van der Waals surface area (Å²) >= 11 is 0. The molecule has 1 aliphatic rings. The maximum atomic E-state index is 12.7. The molecule has 19 heavy (non-hydrogen) atoms. The molecule has 1 saturated carbocycles. The lowest BCUT2D eigenvalue weighted by Crippen LogP contribution is -2.21. The third-order valence-electron chi connectivity index (χ3n) is 4.07. The Morgan fingerprint density at radius 3 is 2.26 bits per heavy atom. The van der Waals surface area contributed by atoms with Crippen molar-refractivity contribution in [3.8, 4) is 6.07 Å². The van der Waals surface area contributed by atoms with Crippen molar-refractivity contribution in [3.05, 3.63) is 22.5 Å². The number of hydrogen-bond donors (Lipinski definition) is 0. The van der Waals surface area contributed by atoms with Crippen LogP contribution in [0.25, 0.3) is 0 Å². The molecule has 1 fully saturated rings. The molecular formula is C14H18N2O2S. The second-order valence-electron chi connectivity index (χ2n) is 5.19. The maximum Gasteiger partial charge on any atom is 0.184 e. The van der Waals surface area contributed by atoms with Gasteiger partial charge >= 0.3 is 0 Å². The Bertz CT molecular complexity index is 651. The summed E-state index contributed by atoms with van der Waals surface area (Å²) in [5, 5.41) is 8.84. The Morgan fingerprint density at radius 1 is 1.16 bits per heavy atom. The van der Waals surface area contributed by atoms with Crippen LogP contribution in [-0.2, 0) is 9.84 Å². The van der Waals surface area contributed by atoms with Gasteiger partial charge in [-0.3, -0.25) is 0 Å². The van der Waals surface area contributed by atoms with E-state index in [1.54, 1.807) is 13.8 Å². The summed E-state index contributed by atoms with van der Waals surface area (Å²) in [7, 11) is -3.44. The highest BCUT2D eigenvalue weighted by Gasteiger charge is 2.34. The predicted molar refractivity (Wildman–Crippen MR) is 72.6 cm³/mol.